The van der Waals surface area contributed by atoms with Crippen LogP contribution in [0, 0.1) is 24.2 Å². The zero-order valence-corrected chi connectivity index (χ0v) is 20.5. The van der Waals surface area contributed by atoms with Crippen molar-refractivity contribution < 1.29 is 27.5 Å². The molecule has 0 radical (unpaired) electrons. The Bertz CT molecular complexity index is 1020. The summed E-state index contributed by atoms with van der Waals surface area (Å²) in [4.78, 5) is 26.3. The molecule has 0 spiro atoms. The van der Waals surface area contributed by atoms with Crippen molar-refractivity contribution in [2.24, 2.45) is 11.8 Å². The Morgan fingerprint density at radius 2 is 2.06 bits per heavy atom. The van der Waals surface area contributed by atoms with Crippen molar-refractivity contribution >= 4 is 37.8 Å². The Morgan fingerprint density at radius 1 is 1.31 bits per heavy atom. The molecule has 0 bridgehead atoms. The van der Waals surface area contributed by atoms with E-state index in [0.29, 0.717) is 24.0 Å². The number of likely N-dealkylation sites (tertiary alicyclic amines) is 1. The fraction of sp³-hybridized carbons (Fsp3) is 0.545. The van der Waals surface area contributed by atoms with Crippen LogP contribution in [0.15, 0.2) is 27.6 Å². The molecular weight excluding hydrogens is 500 g/mol. The number of amides is 1. The minimum atomic E-state index is -3.94. The van der Waals surface area contributed by atoms with Gasteiger partial charge in [0.15, 0.2) is 0 Å². The molecule has 0 aromatic heterocycles. The van der Waals surface area contributed by atoms with Crippen molar-refractivity contribution in [3.05, 3.63) is 28.2 Å². The number of methoxy groups -OCH3 is 2. The van der Waals surface area contributed by atoms with Crippen LogP contribution in [0.3, 0.4) is 0 Å². The van der Waals surface area contributed by atoms with Crippen molar-refractivity contribution in [3.8, 4) is 12.3 Å². The maximum Gasteiger partial charge on any atom is 0.337 e. The van der Waals surface area contributed by atoms with Crippen LogP contribution in [0.2, 0.25) is 0 Å². The molecule has 0 aliphatic carbocycles. The van der Waals surface area contributed by atoms with E-state index in [9.17, 15) is 18.0 Å². The highest BCUT2D eigenvalue weighted by Crippen LogP contribution is 2.37. The summed E-state index contributed by atoms with van der Waals surface area (Å²) in [6.45, 7) is 1.34. The van der Waals surface area contributed by atoms with Crippen LogP contribution in [0.1, 0.15) is 29.6 Å². The largest absolute Gasteiger partial charge is 0.465 e. The highest BCUT2D eigenvalue weighted by atomic mass is 79.9. The van der Waals surface area contributed by atoms with Gasteiger partial charge >= 0.3 is 5.97 Å². The first-order valence-electron chi connectivity index (χ1n) is 10.4. The van der Waals surface area contributed by atoms with Crippen LogP contribution in [0.25, 0.3) is 0 Å². The Kier molecular flexibility index (Phi) is 7.98. The molecule has 2 saturated heterocycles. The molecule has 1 aromatic carbocycles. The summed E-state index contributed by atoms with van der Waals surface area (Å²) in [6.07, 6.45) is 7.54. The van der Waals surface area contributed by atoms with Crippen molar-refractivity contribution in [2.75, 3.05) is 40.5 Å². The second-order valence-electron chi connectivity index (χ2n) is 7.99. The van der Waals surface area contributed by atoms with Gasteiger partial charge in [-0.3, -0.25) is 4.79 Å². The second-order valence-corrected chi connectivity index (χ2v) is 10.8. The van der Waals surface area contributed by atoms with E-state index in [0.717, 1.165) is 12.8 Å². The van der Waals surface area contributed by atoms with Gasteiger partial charge in [0.2, 0.25) is 15.9 Å². The summed E-state index contributed by atoms with van der Waals surface area (Å²) in [7, 11) is -1.15. The van der Waals surface area contributed by atoms with E-state index in [-0.39, 0.29) is 41.4 Å². The molecule has 8 nitrogen and oxygen atoms in total. The van der Waals surface area contributed by atoms with Gasteiger partial charge in [-0.25, -0.2) is 13.2 Å². The number of nitrogens with zero attached hydrogens (tertiary/aromatic N) is 2. The van der Waals surface area contributed by atoms with Gasteiger partial charge in [-0.1, -0.05) is 28.3 Å². The van der Waals surface area contributed by atoms with Crippen LogP contribution in [-0.2, 0) is 24.3 Å². The normalized spacial score (nSPS) is 22.7. The molecular formula is C22H27BrN2O6S. The SMILES string of the molecule is C#CCN1CC([C@H](COC)C2CCCCN2S(=O)(=O)c2cc(Br)cc(C(=O)OC)c2)C1=O. The number of esters is 1. The third kappa shape index (κ3) is 4.86. The minimum Gasteiger partial charge on any atom is -0.465 e. The van der Waals surface area contributed by atoms with Crippen LogP contribution < -0.4 is 0 Å². The van der Waals surface area contributed by atoms with E-state index >= 15 is 0 Å². The van der Waals surface area contributed by atoms with Crippen LogP contribution in [0.5, 0.6) is 0 Å². The minimum absolute atomic E-state index is 0.00392. The maximum atomic E-state index is 13.7. The smallest absolute Gasteiger partial charge is 0.337 e. The molecule has 2 heterocycles. The van der Waals surface area contributed by atoms with Gasteiger partial charge in [-0.2, -0.15) is 4.31 Å². The lowest BCUT2D eigenvalue weighted by Crippen LogP contribution is -2.61. The summed E-state index contributed by atoms with van der Waals surface area (Å²) in [5, 5.41) is 0. The Hall–Kier alpha value is -1.93. The molecule has 3 rings (SSSR count). The number of hydrogen-bond donors (Lipinski definition) is 0. The number of terminal acetylenes is 1. The number of benzene rings is 1. The van der Waals surface area contributed by atoms with Gasteiger partial charge in [0.05, 0.1) is 36.6 Å². The molecule has 10 heteroatoms. The molecule has 0 N–H and O–H groups in total. The predicted molar refractivity (Wildman–Crippen MR) is 121 cm³/mol. The number of hydrogen-bond acceptors (Lipinski definition) is 6. The predicted octanol–water partition coefficient (Wildman–Crippen LogP) is 2.13. The zero-order chi connectivity index (χ0) is 23.5. The molecule has 2 aliphatic rings. The summed E-state index contributed by atoms with van der Waals surface area (Å²) in [6, 6.07) is 3.92. The van der Waals surface area contributed by atoms with E-state index in [4.69, 9.17) is 15.9 Å². The molecule has 174 valence electrons. The van der Waals surface area contributed by atoms with Crippen LogP contribution >= 0.6 is 15.9 Å². The highest BCUT2D eigenvalue weighted by Gasteiger charge is 2.48. The quantitative estimate of drug-likeness (QED) is 0.292. The number of sulfonamides is 1. The lowest BCUT2D eigenvalue weighted by molar-refractivity contribution is -0.153. The molecule has 32 heavy (non-hydrogen) atoms. The number of carbonyl (C=O) groups excluding carboxylic acids is 2. The number of β-lactam (4-membered cyclic amide) rings is 1. The maximum absolute atomic E-state index is 13.7. The first-order valence-corrected chi connectivity index (χ1v) is 12.6. The fourth-order valence-corrected chi connectivity index (χ4v) is 6.98. The van der Waals surface area contributed by atoms with Crippen LogP contribution in [-0.4, -0.2) is 76.0 Å². The standard InChI is InChI=1S/C22H27BrN2O6S/c1-4-8-24-13-18(21(24)26)19(14-30-2)20-7-5-6-9-25(20)32(28,29)17-11-15(22(27)31-3)10-16(23)12-17/h1,10-12,18-20H,5-9,13-14H2,2-3H3/t18?,19-,20?/m0/s1. The highest BCUT2D eigenvalue weighted by molar-refractivity contribution is 9.10. The van der Waals surface area contributed by atoms with Gasteiger partial charge in [-0.05, 0) is 31.0 Å². The molecule has 1 amide bonds. The van der Waals surface area contributed by atoms with Gasteiger partial charge in [0.1, 0.15) is 0 Å². The number of ether oxygens (including phenoxy) is 2. The topological polar surface area (TPSA) is 93.2 Å². The zero-order valence-electron chi connectivity index (χ0n) is 18.1. The lowest BCUT2D eigenvalue weighted by Gasteiger charge is -2.47. The first-order chi connectivity index (χ1) is 15.2. The third-order valence-corrected chi connectivity index (χ3v) is 8.46. The van der Waals surface area contributed by atoms with Gasteiger partial charge < -0.3 is 14.4 Å². The van der Waals surface area contributed by atoms with E-state index in [1.54, 1.807) is 12.0 Å². The van der Waals surface area contributed by atoms with Crippen LogP contribution in [0.4, 0.5) is 0 Å². The Morgan fingerprint density at radius 3 is 2.69 bits per heavy atom. The molecule has 2 fully saturated rings. The molecule has 3 atom stereocenters. The van der Waals surface area contributed by atoms with Gasteiger partial charge in [0.25, 0.3) is 0 Å². The first kappa shape index (κ1) is 24.7. The summed E-state index contributed by atoms with van der Waals surface area (Å²) < 4.78 is 39.5. The second kappa shape index (κ2) is 10.3. The fourth-order valence-electron chi connectivity index (χ4n) is 4.53. The molecule has 1 aromatic rings. The monoisotopic (exact) mass is 526 g/mol. The number of halogens is 1. The lowest BCUT2D eigenvalue weighted by atomic mass is 9.78. The Balaban J connectivity index is 1.94. The average Bonchev–Trinajstić information content (AvgIpc) is 2.79. The van der Waals surface area contributed by atoms with Gasteiger partial charge in [0, 0.05) is 36.6 Å². The van der Waals surface area contributed by atoms with E-state index in [2.05, 4.69) is 21.9 Å². The molecule has 2 unspecified atom stereocenters. The number of carbonyl (C=O) groups is 2. The van der Waals surface area contributed by atoms with Crippen molar-refractivity contribution in [3.63, 3.8) is 0 Å². The summed E-state index contributed by atoms with van der Waals surface area (Å²) in [5.41, 5.74) is 0.140. The van der Waals surface area contributed by atoms with E-state index in [1.807, 2.05) is 0 Å². The number of rotatable bonds is 8. The van der Waals surface area contributed by atoms with E-state index in [1.165, 1.54) is 29.6 Å². The Labute approximate surface area is 197 Å². The third-order valence-electron chi connectivity index (χ3n) is 6.10. The number of piperidine rings is 1. The molecule has 2 aliphatic heterocycles. The average molecular weight is 527 g/mol. The molecule has 0 saturated carbocycles. The van der Waals surface area contributed by atoms with E-state index < -0.39 is 22.0 Å². The van der Waals surface area contributed by atoms with Crippen molar-refractivity contribution in [1.29, 1.82) is 0 Å². The van der Waals surface area contributed by atoms with Crippen molar-refractivity contribution in [2.45, 2.75) is 30.2 Å². The van der Waals surface area contributed by atoms with Gasteiger partial charge in [-0.15, -0.1) is 6.42 Å². The summed E-state index contributed by atoms with van der Waals surface area (Å²) in [5.74, 6) is 1.16. The summed E-state index contributed by atoms with van der Waals surface area (Å²) >= 11 is 3.29. The van der Waals surface area contributed by atoms with Crippen molar-refractivity contribution in [1.82, 2.24) is 9.21 Å².